The number of carboxylic acid groups (broad SMARTS) is 1. The summed E-state index contributed by atoms with van der Waals surface area (Å²) in [5.74, 6) is -2.63. The Morgan fingerprint density at radius 3 is 2.67 bits per heavy atom. The standard InChI is InChI=1S/C12H11BrFNO3/c13-7-1-6(2-8(14)3-7)5-15-11(16)9-4-10(9)12(17)18/h1-3,9-10H,4-5H2,(H,15,16)(H,17,18)/t9-,10-/m1/s1. The van der Waals surface area contributed by atoms with Crippen LogP contribution in [0.2, 0.25) is 0 Å². The molecule has 1 aromatic rings. The number of hydrogen-bond acceptors (Lipinski definition) is 2. The molecule has 1 fully saturated rings. The molecule has 1 aliphatic rings. The molecule has 2 N–H and O–H groups in total. The Morgan fingerprint density at radius 1 is 1.39 bits per heavy atom. The first kappa shape index (κ1) is 13.0. The van der Waals surface area contributed by atoms with E-state index < -0.39 is 17.8 Å². The van der Waals surface area contributed by atoms with E-state index in [1.165, 1.54) is 12.1 Å². The minimum Gasteiger partial charge on any atom is -0.481 e. The zero-order valence-electron chi connectivity index (χ0n) is 9.32. The minimum atomic E-state index is -0.941. The highest BCUT2D eigenvalue weighted by atomic mass is 79.9. The van der Waals surface area contributed by atoms with Gasteiger partial charge in [0.05, 0.1) is 11.8 Å². The summed E-state index contributed by atoms with van der Waals surface area (Å²) in [5, 5.41) is 11.3. The summed E-state index contributed by atoms with van der Waals surface area (Å²) < 4.78 is 13.7. The van der Waals surface area contributed by atoms with Gasteiger partial charge in [-0.1, -0.05) is 15.9 Å². The summed E-state index contributed by atoms with van der Waals surface area (Å²) in [7, 11) is 0. The number of rotatable bonds is 4. The Kier molecular flexibility index (Phi) is 3.65. The van der Waals surface area contributed by atoms with E-state index in [1.807, 2.05) is 0 Å². The summed E-state index contributed by atoms with van der Waals surface area (Å²) in [5.41, 5.74) is 0.628. The van der Waals surface area contributed by atoms with Gasteiger partial charge in [-0.2, -0.15) is 0 Å². The Bertz CT molecular complexity index is 486. The predicted molar refractivity (Wildman–Crippen MR) is 65.2 cm³/mol. The molecule has 0 aliphatic heterocycles. The molecule has 18 heavy (non-hydrogen) atoms. The van der Waals surface area contributed by atoms with Gasteiger partial charge in [-0.25, -0.2) is 4.39 Å². The van der Waals surface area contributed by atoms with E-state index >= 15 is 0 Å². The van der Waals surface area contributed by atoms with Crippen LogP contribution in [0, 0.1) is 17.7 Å². The van der Waals surface area contributed by atoms with Crippen LogP contribution < -0.4 is 5.32 Å². The van der Waals surface area contributed by atoms with Gasteiger partial charge in [0, 0.05) is 11.0 Å². The first-order valence-corrected chi connectivity index (χ1v) is 6.22. The van der Waals surface area contributed by atoms with E-state index in [9.17, 15) is 14.0 Å². The lowest BCUT2D eigenvalue weighted by Gasteiger charge is -2.05. The maximum Gasteiger partial charge on any atom is 0.307 e. The molecule has 0 heterocycles. The van der Waals surface area contributed by atoms with E-state index in [-0.39, 0.29) is 18.3 Å². The smallest absolute Gasteiger partial charge is 0.307 e. The van der Waals surface area contributed by atoms with E-state index in [1.54, 1.807) is 6.07 Å². The molecule has 0 unspecified atom stereocenters. The number of halogens is 2. The second-order valence-electron chi connectivity index (χ2n) is 4.28. The summed E-state index contributed by atoms with van der Waals surface area (Å²) in [6.45, 7) is 0.192. The molecule has 96 valence electrons. The number of carboxylic acids is 1. The summed E-state index contributed by atoms with van der Waals surface area (Å²) in [4.78, 5) is 22.2. The number of amides is 1. The summed E-state index contributed by atoms with van der Waals surface area (Å²) in [6, 6.07) is 4.35. The van der Waals surface area contributed by atoms with Crippen LogP contribution in [0.3, 0.4) is 0 Å². The first-order chi connectivity index (χ1) is 8.47. The maximum atomic E-state index is 13.1. The van der Waals surface area contributed by atoms with Gasteiger partial charge in [0.1, 0.15) is 5.82 Å². The molecule has 2 rings (SSSR count). The van der Waals surface area contributed by atoms with Crippen LogP contribution in [0.4, 0.5) is 4.39 Å². The van der Waals surface area contributed by atoms with Crippen LogP contribution in [-0.4, -0.2) is 17.0 Å². The van der Waals surface area contributed by atoms with Crippen molar-refractivity contribution in [3.63, 3.8) is 0 Å². The van der Waals surface area contributed by atoms with E-state index in [0.717, 1.165) is 0 Å². The molecule has 0 saturated heterocycles. The fourth-order valence-corrected chi connectivity index (χ4v) is 2.30. The van der Waals surface area contributed by atoms with E-state index in [4.69, 9.17) is 5.11 Å². The Morgan fingerprint density at radius 2 is 2.11 bits per heavy atom. The topological polar surface area (TPSA) is 66.4 Å². The van der Waals surface area contributed by atoms with Crippen molar-refractivity contribution in [2.24, 2.45) is 11.8 Å². The van der Waals surface area contributed by atoms with Crippen molar-refractivity contribution in [3.05, 3.63) is 34.1 Å². The average molecular weight is 316 g/mol. The molecule has 1 amide bonds. The van der Waals surface area contributed by atoms with Gasteiger partial charge in [0.15, 0.2) is 0 Å². The molecule has 4 nitrogen and oxygen atoms in total. The van der Waals surface area contributed by atoms with Crippen LogP contribution in [0.15, 0.2) is 22.7 Å². The van der Waals surface area contributed by atoms with Crippen molar-refractivity contribution in [1.82, 2.24) is 5.32 Å². The first-order valence-electron chi connectivity index (χ1n) is 5.43. The second kappa shape index (κ2) is 5.06. The van der Waals surface area contributed by atoms with Crippen LogP contribution >= 0.6 is 15.9 Å². The van der Waals surface area contributed by atoms with Gasteiger partial charge in [0.2, 0.25) is 5.91 Å². The molecule has 2 atom stereocenters. The molecule has 0 radical (unpaired) electrons. The van der Waals surface area contributed by atoms with Crippen molar-refractivity contribution in [3.8, 4) is 0 Å². The minimum absolute atomic E-state index is 0.192. The van der Waals surface area contributed by atoms with Gasteiger partial charge in [0.25, 0.3) is 0 Å². The number of hydrogen-bond donors (Lipinski definition) is 2. The largest absolute Gasteiger partial charge is 0.481 e. The highest BCUT2D eigenvalue weighted by Gasteiger charge is 2.48. The van der Waals surface area contributed by atoms with Gasteiger partial charge >= 0.3 is 5.97 Å². The van der Waals surface area contributed by atoms with Crippen LogP contribution in [0.25, 0.3) is 0 Å². The zero-order valence-corrected chi connectivity index (χ0v) is 10.9. The molecular weight excluding hydrogens is 305 g/mol. The number of carbonyl (C=O) groups is 2. The highest BCUT2D eigenvalue weighted by Crippen LogP contribution is 2.38. The third kappa shape index (κ3) is 3.07. The lowest BCUT2D eigenvalue weighted by Crippen LogP contribution is -2.25. The van der Waals surface area contributed by atoms with Gasteiger partial charge in [-0.3, -0.25) is 9.59 Å². The lowest BCUT2D eigenvalue weighted by molar-refractivity contribution is -0.140. The molecule has 1 saturated carbocycles. The van der Waals surface area contributed by atoms with Crippen LogP contribution in [0.5, 0.6) is 0 Å². The molecule has 0 bridgehead atoms. The van der Waals surface area contributed by atoms with Crippen molar-refractivity contribution in [2.75, 3.05) is 0 Å². The van der Waals surface area contributed by atoms with Crippen LogP contribution in [-0.2, 0) is 16.1 Å². The summed E-state index contributed by atoms with van der Waals surface area (Å²) in [6.07, 6.45) is 0.383. The lowest BCUT2D eigenvalue weighted by atomic mass is 10.2. The number of nitrogens with one attached hydrogen (secondary N) is 1. The van der Waals surface area contributed by atoms with Crippen molar-refractivity contribution in [1.29, 1.82) is 0 Å². The number of carbonyl (C=O) groups excluding carboxylic acids is 1. The quantitative estimate of drug-likeness (QED) is 0.892. The molecule has 1 aliphatic carbocycles. The molecular formula is C12H11BrFNO3. The van der Waals surface area contributed by atoms with Gasteiger partial charge in [-0.05, 0) is 30.2 Å². The Hall–Kier alpha value is -1.43. The molecule has 0 aromatic heterocycles. The fourth-order valence-electron chi connectivity index (χ4n) is 1.79. The number of benzene rings is 1. The third-order valence-corrected chi connectivity index (χ3v) is 3.29. The van der Waals surface area contributed by atoms with Crippen molar-refractivity contribution < 1.29 is 19.1 Å². The van der Waals surface area contributed by atoms with Gasteiger partial charge in [-0.15, -0.1) is 0 Å². The summed E-state index contributed by atoms with van der Waals surface area (Å²) >= 11 is 3.16. The SMILES string of the molecule is O=C(O)[C@@H]1C[C@H]1C(=O)NCc1cc(F)cc(Br)c1. The van der Waals surface area contributed by atoms with Crippen molar-refractivity contribution >= 4 is 27.8 Å². The maximum absolute atomic E-state index is 13.1. The van der Waals surface area contributed by atoms with Gasteiger partial charge < -0.3 is 10.4 Å². The highest BCUT2D eigenvalue weighted by molar-refractivity contribution is 9.10. The number of aliphatic carboxylic acids is 1. The molecule has 1 aromatic carbocycles. The second-order valence-corrected chi connectivity index (χ2v) is 5.20. The molecule has 0 spiro atoms. The third-order valence-electron chi connectivity index (χ3n) is 2.83. The van der Waals surface area contributed by atoms with Crippen LogP contribution in [0.1, 0.15) is 12.0 Å². The zero-order chi connectivity index (χ0) is 13.3. The van der Waals surface area contributed by atoms with E-state index in [2.05, 4.69) is 21.2 Å². The predicted octanol–water partition coefficient (Wildman–Crippen LogP) is 1.93. The molecule has 6 heteroatoms. The Balaban J connectivity index is 1.88. The normalized spacial score (nSPS) is 21.4. The van der Waals surface area contributed by atoms with E-state index in [0.29, 0.717) is 16.5 Å². The fraction of sp³-hybridized carbons (Fsp3) is 0.333. The monoisotopic (exact) mass is 315 g/mol. The van der Waals surface area contributed by atoms with Crippen molar-refractivity contribution in [2.45, 2.75) is 13.0 Å². The average Bonchev–Trinajstić information content (AvgIpc) is 3.04. The Labute approximate surface area is 111 Å².